The van der Waals surface area contributed by atoms with Gasteiger partial charge in [-0.05, 0) is 60.6 Å². The van der Waals surface area contributed by atoms with E-state index >= 15 is 0 Å². The molecule has 0 radical (unpaired) electrons. The van der Waals surface area contributed by atoms with Gasteiger partial charge in [-0.15, -0.1) is 0 Å². The third kappa shape index (κ3) is 3.80. The maximum atomic E-state index is 12.4. The Bertz CT molecular complexity index is 1440. The van der Waals surface area contributed by atoms with E-state index in [1.54, 1.807) is 0 Å². The number of fused-ring (bicyclic) bond motifs is 2. The highest BCUT2D eigenvalue weighted by Crippen LogP contribution is 2.53. The number of aliphatic hydroxyl groups is 1. The second kappa shape index (κ2) is 9.17. The molecule has 4 aromatic rings. The number of aryl methyl sites for hydroxylation is 3. The van der Waals surface area contributed by atoms with E-state index in [1.165, 1.54) is 0 Å². The van der Waals surface area contributed by atoms with Crippen molar-refractivity contribution in [2.24, 2.45) is 5.92 Å². The molecule has 2 aromatic carbocycles. The van der Waals surface area contributed by atoms with Gasteiger partial charge in [0, 0.05) is 18.0 Å². The first-order chi connectivity index (χ1) is 17.3. The van der Waals surface area contributed by atoms with Crippen molar-refractivity contribution >= 4 is 17.1 Å². The summed E-state index contributed by atoms with van der Waals surface area (Å²) in [4.78, 5) is 22.1. The van der Waals surface area contributed by atoms with Crippen molar-refractivity contribution in [2.75, 3.05) is 0 Å². The number of hydrogen-bond acceptors (Lipinski definition) is 4. The molecule has 5 rings (SSSR count). The first-order valence-electron chi connectivity index (χ1n) is 12.7. The Morgan fingerprint density at radius 3 is 2.44 bits per heavy atom. The van der Waals surface area contributed by atoms with Crippen molar-refractivity contribution in [3.05, 3.63) is 93.9 Å². The fourth-order valence-corrected chi connectivity index (χ4v) is 5.96. The van der Waals surface area contributed by atoms with Gasteiger partial charge >= 0.3 is 5.97 Å². The first kappa shape index (κ1) is 24.2. The van der Waals surface area contributed by atoms with Gasteiger partial charge in [-0.3, -0.25) is 4.79 Å². The van der Waals surface area contributed by atoms with Gasteiger partial charge in [0.1, 0.15) is 22.9 Å². The van der Waals surface area contributed by atoms with Crippen molar-refractivity contribution in [3.63, 3.8) is 0 Å². The second-order valence-electron chi connectivity index (χ2n) is 10.0. The summed E-state index contributed by atoms with van der Waals surface area (Å²) < 4.78 is 2.20. The van der Waals surface area contributed by atoms with E-state index in [0.717, 1.165) is 63.3 Å². The Hall–Kier alpha value is -3.51. The summed E-state index contributed by atoms with van der Waals surface area (Å²) >= 11 is 0. The standard InChI is InChI=1S/C30H33N3O3/c1-5-9-24-32-27-18(3)16-19(4)31-28(27)33(24)17-20-12-14-21(15-13-20)25-22-10-7-8-11-23(22)30(36,6-2)26(25)29(34)35/h7-8,10-16,25-26,36H,5-6,9,17H2,1-4H3,(H,34,35). The minimum Gasteiger partial charge on any atom is -0.481 e. The minimum absolute atomic E-state index is 0.343. The van der Waals surface area contributed by atoms with Crippen LogP contribution in [0.25, 0.3) is 11.2 Å². The van der Waals surface area contributed by atoms with E-state index in [2.05, 4.69) is 36.6 Å². The SMILES string of the molecule is CCCc1nc2c(C)cc(C)nc2n1Cc1ccc(C2c3ccccc3C(O)(CC)C2C(=O)O)cc1. The number of rotatable bonds is 7. The van der Waals surface area contributed by atoms with Crippen LogP contribution in [0.3, 0.4) is 0 Å². The molecule has 0 bridgehead atoms. The Morgan fingerprint density at radius 2 is 1.78 bits per heavy atom. The van der Waals surface area contributed by atoms with Crippen molar-refractivity contribution < 1.29 is 15.0 Å². The van der Waals surface area contributed by atoms with Crippen LogP contribution in [0.5, 0.6) is 0 Å². The van der Waals surface area contributed by atoms with Gasteiger partial charge in [-0.2, -0.15) is 0 Å². The number of pyridine rings is 1. The van der Waals surface area contributed by atoms with Gasteiger partial charge in [0.15, 0.2) is 5.65 Å². The number of benzene rings is 2. The topological polar surface area (TPSA) is 88.2 Å². The molecule has 6 nitrogen and oxygen atoms in total. The summed E-state index contributed by atoms with van der Waals surface area (Å²) in [7, 11) is 0. The predicted octanol–water partition coefficient (Wildman–Crippen LogP) is 5.49. The van der Waals surface area contributed by atoms with E-state index in [9.17, 15) is 15.0 Å². The molecule has 0 fully saturated rings. The molecule has 0 saturated carbocycles. The second-order valence-corrected chi connectivity index (χ2v) is 10.0. The van der Waals surface area contributed by atoms with Gasteiger partial charge in [-0.25, -0.2) is 9.97 Å². The lowest BCUT2D eigenvalue weighted by atomic mass is 9.78. The summed E-state index contributed by atoms with van der Waals surface area (Å²) in [5, 5.41) is 21.6. The fourth-order valence-electron chi connectivity index (χ4n) is 5.96. The van der Waals surface area contributed by atoms with Crippen LogP contribution in [0.4, 0.5) is 0 Å². The molecule has 36 heavy (non-hydrogen) atoms. The van der Waals surface area contributed by atoms with Crippen molar-refractivity contribution in [2.45, 2.75) is 65.0 Å². The number of nitrogens with zero attached hydrogens (tertiary/aromatic N) is 3. The monoisotopic (exact) mass is 483 g/mol. The molecule has 2 heterocycles. The van der Waals surface area contributed by atoms with Crippen LogP contribution in [0.1, 0.15) is 71.9 Å². The summed E-state index contributed by atoms with van der Waals surface area (Å²) in [5.41, 5.74) is 6.18. The third-order valence-corrected chi connectivity index (χ3v) is 7.67. The minimum atomic E-state index is -1.39. The highest BCUT2D eigenvalue weighted by atomic mass is 16.4. The van der Waals surface area contributed by atoms with E-state index < -0.39 is 23.4 Å². The van der Waals surface area contributed by atoms with Crippen LogP contribution in [-0.4, -0.2) is 30.7 Å². The van der Waals surface area contributed by atoms with Gasteiger partial charge in [0.05, 0.1) is 6.54 Å². The quantitative estimate of drug-likeness (QED) is 0.363. The molecular weight excluding hydrogens is 450 g/mol. The lowest BCUT2D eigenvalue weighted by Gasteiger charge is -2.29. The molecule has 186 valence electrons. The normalized spacial score (nSPS) is 21.1. The molecule has 0 aliphatic heterocycles. The third-order valence-electron chi connectivity index (χ3n) is 7.67. The number of aliphatic carboxylic acids is 1. The number of aromatic nitrogens is 3. The molecule has 2 N–H and O–H groups in total. The van der Waals surface area contributed by atoms with Crippen LogP contribution in [0, 0.1) is 19.8 Å². The van der Waals surface area contributed by atoms with Crippen molar-refractivity contribution in [1.82, 2.24) is 14.5 Å². The lowest BCUT2D eigenvalue weighted by molar-refractivity contribution is -0.152. The Balaban J connectivity index is 1.53. The molecule has 6 heteroatoms. The number of carboxylic acid groups (broad SMARTS) is 1. The van der Waals surface area contributed by atoms with E-state index in [0.29, 0.717) is 13.0 Å². The summed E-state index contributed by atoms with van der Waals surface area (Å²) in [5.74, 6) is -1.29. The zero-order chi connectivity index (χ0) is 25.6. The van der Waals surface area contributed by atoms with Crippen molar-refractivity contribution in [3.8, 4) is 0 Å². The number of hydrogen-bond donors (Lipinski definition) is 2. The van der Waals surface area contributed by atoms with Crippen LogP contribution in [0.2, 0.25) is 0 Å². The zero-order valence-corrected chi connectivity index (χ0v) is 21.3. The maximum absolute atomic E-state index is 12.4. The molecule has 0 spiro atoms. The smallest absolute Gasteiger partial charge is 0.310 e. The number of imidazole rings is 1. The van der Waals surface area contributed by atoms with Gasteiger partial charge in [0.2, 0.25) is 0 Å². The number of carboxylic acids is 1. The molecule has 0 saturated heterocycles. The van der Waals surface area contributed by atoms with E-state index in [4.69, 9.17) is 9.97 Å². The number of carbonyl (C=O) groups is 1. The van der Waals surface area contributed by atoms with Crippen LogP contribution < -0.4 is 0 Å². The Labute approximate surface area is 211 Å². The molecule has 0 amide bonds. The zero-order valence-electron chi connectivity index (χ0n) is 21.3. The predicted molar refractivity (Wildman–Crippen MR) is 140 cm³/mol. The van der Waals surface area contributed by atoms with Crippen LogP contribution in [-0.2, 0) is 23.4 Å². The van der Waals surface area contributed by atoms with Crippen LogP contribution in [0.15, 0.2) is 54.6 Å². The van der Waals surface area contributed by atoms with E-state index in [1.807, 2.05) is 50.2 Å². The largest absolute Gasteiger partial charge is 0.481 e. The molecule has 3 atom stereocenters. The molecular formula is C30H33N3O3. The van der Waals surface area contributed by atoms with Gasteiger partial charge < -0.3 is 14.8 Å². The molecule has 2 aromatic heterocycles. The summed E-state index contributed by atoms with van der Waals surface area (Å²) in [6.07, 6.45) is 2.22. The fraction of sp³-hybridized carbons (Fsp3) is 0.367. The summed E-state index contributed by atoms with van der Waals surface area (Å²) in [6.45, 7) is 8.73. The average molecular weight is 484 g/mol. The van der Waals surface area contributed by atoms with Gasteiger partial charge in [0.25, 0.3) is 0 Å². The molecule has 1 aliphatic carbocycles. The first-order valence-corrected chi connectivity index (χ1v) is 12.7. The Kier molecular flexibility index (Phi) is 6.17. The van der Waals surface area contributed by atoms with Crippen molar-refractivity contribution in [1.29, 1.82) is 0 Å². The summed E-state index contributed by atoms with van der Waals surface area (Å²) in [6, 6.07) is 17.8. The van der Waals surface area contributed by atoms with E-state index in [-0.39, 0.29) is 0 Å². The molecule has 3 unspecified atom stereocenters. The van der Waals surface area contributed by atoms with Crippen LogP contribution >= 0.6 is 0 Å². The maximum Gasteiger partial charge on any atom is 0.310 e. The Morgan fingerprint density at radius 1 is 1.06 bits per heavy atom. The highest BCUT2D eigenvalue weighted by molar-refractivity contribution is 5.77. The lowest BCUT2D eigenvalue weighted by Crippen LogP contribution is -2.37. The highest BCUT2D eigenvalue weighted by Gasteiger charge is 2.54. The average Bonchev–Trinajstić information content (AvgIpc) is 3.33. The molecule has 1 aliphatic rings. The van der Waals surface area contributed by atoms with Gasteiger partial charge in [-0.1, -0.05) is 62.4 Å².